The maximum Gasteiger partial charge on any atom is 0 e. The van der Waals surface area contributed by atoms with Crippen molar-refractivity contribution in [1.29, 1.82) is 0 Å². The van der Waals surface area contributed by atoms with E-state index in [-0.39, 0.29) is 114 Å². The van der Waals surface area contributed by atoms with E-state index in [1.807, 2.05) is 0 Å². The number of hydrogen-bond donors (Lipinski definition) is 0. The first-order valence-corrected chi connectivity index (χ1v) is 0. The van der Waals surface area contributed by atoms with E-state index < -0.39 is 0 Å². The summed E-state index contributed by atoms with van der Waals surface area (Å²) in [6.45, 7) is 0. The van der Waals surface area contributed by atoms with Crippen LogP contribution in [0, 0.1) is 0 Å². The van der Waals surface area contributed by atoms with Gasteiger partial charge in [0.2, 0.25) is 0 Å². The largest absolute Gasteiger partial charge is 0 e. The van der Waals surface area contributed by atoms with Gasteiger partial charge in [-0.2, -0.15) is 0 Å². The van der Waals surface area contributed by atoms with Crippen LogP contribution in [0.5, 0.6) is 0 Å². The van der Waals surface area contributed by atoms with Gasteiger partial charge in [0.15, 0.2) is 0 Å². The summed E-state index contributed by atoms with van der Waals surface area (Å²) in [6.07, 6.45) is 0. The molecule has 0 aliphatic rings. The van der Waals surface area contributed by atoms with Crippen LogP contribution in [-0.4, -0.2) is 8.41 Å². The summed E-state index contributed by atoms with van der Waals surface area (Å²) in [6, 6.07) is 0. The molecule has 0 spiro atoms. The fraction of sp³-hybridized carbons (Fsp3) is 0. The first-order valence-electron chi connectivity index (χ1n) is 0. The van der Waals surface area contributed by atoms with Crippen molar-refractivity contribution in [2.45, 2.75) is 0 Å². The average Bonchev–Trinajstić information content (AvgIpc) is 0. The topological polar surface area (TPSA) is 0 Å². The van der Waals surface area contributed by atoms with Crippen LogP contribution in [0.2, 0.25) is 0 Å². The minimum Gasteiger partial charge on any atom is 0 e. The monoisotopic (exact) mass is 931 g/mol. The number of rotatable bonds is 0. The molecule has 0 nitrogen and oxygen atoms in total. The normalized spacial score (nSPS) is 0. The van der Waals surface area contributed by atoms with Crippen molar-refractivity contribution >= 4 is 8.41 Å². The first-order chi connectivity index (χ1) is 0. The van der Waals surface area contributed by atoms with Crippen LogP contribution in [0.15, 0.2) is 0 Å². The summed E-state index contributed by atoms with van der Waals surface area (Å²) in [5, 5.41) is 0. The first kappa shape index (κ1) is 55.9. The maximum absolute atomic E-state index is 0. The summed E-state index contributed by atoms with van der Waals surface area (Å²) in [5.41, 5.74) is 0. The summed E-state index contributed by atoms with van der Waals surface area (Å²) in [5.74, 6) is 0. The molecule has 0 fully saturated rings. The van der Waals surface area contributed by atoms with Crippen LogP contribution in [-0.2, 0) is 105 Å². The predicted octanol–water partition coefficient (Wildman–Crippen LogP) is -0.393. The van der Waals surface area contributed by atoms with Gasteiger partial charge in [-0.25, -0.2) is 0 Å². The Morgan fingerprint density at radius 1 is 0.333 bits per heavy atom. The van der Waals surface area contributed by atoms with Gasteiger partial charge < -0.3 is 0 Å². The van der Waals surface area contributed by atoms with Gasteiger partial charge in [-0.3, -0.25) is 0 Å². The zero-order valence-electron chi connectivity index (χ0n) is 2.62. The molecule has 0 saturated carbocycles. The maximum atomic E-state index is 0. The van der Waals surface area contributed by atoms with Crippen molar-refractivity contribution < 1.29 is 105 Å². The van der Waals surface area contributed by atoms with Gasteiger partial charge in [0.05, 0.1) is 0 Å². The van der Waals surface area contributed by atoms with Gasteiger partial charge in [0.25, 0.3) is 0 Å². The SMILES string of the molecule is [B].[W].[W].[W].[W].[W]. The van der Waals surface area contributed by atoms with Crippen LogP contribution in [0.4, 0.5) is 0 Å². The van der Waals surface area contributed by atoms with Crippen LogP contribution in [0.3, 0.4) is 0 Å². The van der Waals surface area contributed by atoms with Crippen molar-refractivity contribution in [3.63, 3.8) is 0 Å². The van der Waals surface area contributed by atoms with Crippen LogP contribution in [0.1, 0.15) is 0 Å². The molecule has 0 bridgehead atoms. The van der Waals surface area contributed by atoms with Gasteiger partial charge in [-0.15, -0.1) is 0 Å². The Morgan fingerprint density at radius 2 is 0.333 bits per heavy atom. The Balaban J connectivity index is 0. The predicted molar refractivity (Wildman–Crippen MR) is 5.75 cm³/mol. The third-order valence-corrected chi connectivity index (χ3v) is 0. The molecule has 0 atom stereocenters. The van der Waals surface area contributed by atoms with Gasteiger partial charge in [0, 0.05) is 114 Å². The molecule has 0 heterocycles. The second kappa shape index (κ2) is 39.0. The van der Waals surface area contributed by atoms with E-state index in [4.69, 9.17) is 0 Å². The second-order valence-electron chi connectivity index (χ2n) is 0. The Morgan fingerprint density at radius 3 is 0.333 bits per heavy atom. The zero-order chi connectivity index (χ0) is 0. The molecular formula is BW5. The van der Waals surface area contributed by atoms with E-state index in [0.717, 1.165) is 0 Å². The van der Waals surface area contributed by atoms with E-state index in [9.17, 15) is 0 Å². The molecule has 33 valence electrons. The van der Waals surface area contributed by atoms with Crippen molar-refractivity contribution in [3.8, 4) is 0 Å². The Kier molecular flexibility index (Phi) is 363. The molecule has 0 saturated heterocycles. The third kappa shape index (κ3) is 25.8. The van der Waals surface area contributed by atoms with Crippen LogP contribution >= 0.6 is 0 Å². The van der Waals surface area contributed by atoms with Gasteiger partial charge in [-0.05, 0) is 0 Å². The molecule has 3 radical (unpaired) electrons. The summed E-state index contributed by atoms with van der Waals surface area (Å²) in [7, 11) is 0. The van der Waals surface area contributed by atoms with Crippen molar-refractivity contribution in [2.24, 2.45) is 0 Å². The minimum atomic E-state index is 0. The van der Waals surface area contributed by atoms with Crippen LogP contribution < -0.4 is 0 Å². The minimum absolute atomic E-state index is 0. The zero-order valence-corrected chi connectivity index (χ0v) is 17.3. The Labute approximate surface area is 112 Å². The average molecular weight is 930 g/mol. The van der Waals surface area contributed by atoms with Crippen molar-refractivity contribution in [1.82, 2.24) is 0 Å². The molecule has 6 heavy (non-hydrogen) atoms. The molecule has 0 unspecified atom stereocenters. The molecule has 0 aromatic carbocycles. The summed E-state index contributed by atoms with van der Waals surface area (Å²) in [4.78, 5) is 0. The molecule has 6 heteroatoms. The molecular weight excluding hydrogens is 930 g/mol. The van der Waals surface area contributed by atoms with Gasteiger partial charge >= 0.3 is 0 Å². The summed E-state index contributed by atoms with van der Waals surface area (Å²) >= 11 is 0. The fourth-order valence-electron chi connectivity index (χ4n) is 0. The molecule has 0 aromatic heterocycles. The molecule has 0 rings (SSSR count). The molecule has 0 N–H and O–H groups in total. The van der Waals surface area contributed by atoms with E-state index in [1.54, 1.807) is 0 Å². The van der Waals surface area contributed by atoms with E-state index in [2.05, 4.69) is 0 Å². The second-order valence-corrected chi connectivity index (χ2v) is 0. The standard InChI is InChI=1S/B.5W. The van der Waals surface area contributed by atoms with E-state index in [1.165, 1.54) is 0 Å². The quantitative estimate of drug-likeness (QED) is 0.291. The van der Waals surface area contributed by atoms with Gasteiger partial charge in [-0.1, -0.05) is 0 Å². The van der Waals surface area contributed by atoms with Crippen molar-refractivity contribution in [3.05, 3.63) is 0 Å². The molecule has 0 aromatic rings. The summed E-state index contributed by atoms with van der Waals surface area (Å²) < 4.78 is 0. The van der Waals surface area contributed by atoms with E-state index >= 15 is 0 Å². The van der Waals surface area contributed by atoms with Crippen LogP contribution in [0.25, 0.3) is 0 Å². The Hall–Kier alpha value is 3.51. The third-order valence-electron chi connectivity index (χ3n) is 0. The molecule has 0 aliphatic heterocycles. The van der Waals surface area contributed by atoms with Crippen molar-refractivity contribution in [2.75, 3.05) is 0 Å². The number of hydrogen-bond acceptors (Lipinski definition) is 0. The smallest absolute Gasteiger partial charge is 0 e. The van der Waals surface area contributed by atoms with Gasteiger partial charge in [0.1, 0.15) is 0 Å². The Bertz CT molecular complexity index is 3.90. The van der Waals surface area contributed by atoms with E-state index in [0.29, 0.717) is 0 Å². The fourth-order valence-corrected chi connectivity index (χ4v) is 0. The molecule has 0 aliphatic carbocycles. The molecule has 0 amide bonds.